The van der Waals surface area contributed by atoms with Crippen LogP contribution in [-0.4, -0.2) is 142 Å². The first kappa shape index (κ1) is 37.3. The highest BCUT2D eigenvalue weighted by Crippen LogP contribution is 2.61. The lowest BCUT2D eigenvalue weighted by atomic mass is 9.85. The van der Waals surface area contributed by atoms with Gasteiger partial charge in [0.25, 0.3) is 0 Å². The third-order valence-corrected chi connectivity index (χ3v) is 9.66. The van der Waals surface area contributed by atoms with Crippen molar-refractivity contribution in [1.82, 2.24) is 0 Å². The van der Waals surface area contributed by atoms with Crippen LogP contribution in [0.25, 0.3) is 6.08 Å². The summed E-state index contributed by atoms with van der Waals surface area (Å²) in [6.45, 7) is 2.80. The first-order chi connectivity index (χ1) is 24.3. The van der Waals surface area contributed by atoms with Crippen molar-refractivity contribution in [3.63, 3.8) is 0 Å². The third kappa shape index (κ3) is 7.54. The first-order valence-electron chi connectivity index (χ1n) is 16.5. The number of aliphatic hydroxyl groups is 5. The Bertz CT molecular complexity index is 1470. The minimum Gasteiger partial charge on any atom is -0.472 e. The van der Waals surface area contributed by atoms with Crippen molar-refractivity contribution < 1.29 is 82.5 Å². The van der Waals surface area contributed by atoms with Crippen LogP contribution in [0.3, 0.4) is 0 Å². The van der Waals surface area contributed by atoms with Gasteiger partial charge in [-0.05, 0) is 24.6 Å². The molecule has 0 aromatic heterocycles. The summed E-state index contributed by atoms with van der Waals surface area (Å²) in [5.41, 5.74) is -0.538. The zero-order valence-electron chi connectivity index (χ0n) is 27.9. The monoisotopic (exact) mass is 722 g/mol. The topological polar surface area (TPSA) is 239 Å². The number of benzene rings is 1. The summed E-state index contributed by atoms with van der Waals surface area (Å²) in [5, 5.41) is 51.8. The highest BCUT2D eigenvalue weighted by Gasteiger charge is 2.78. The van der Waals surface area contributed by atoms with Crippen LogP contribution < -0.4 is 0 Å². The summed E-state index contributed by atoms with van der Waals surface area (Å²) in [6.07, 6.45) is -11.6. The number of hydrogen-bond donors (Lipinski definition) is 5. The Hall–Kier alpha value is -3.49. The van der Waals surface area contributed by atoms with Crippen molar-refractivity contribution in [1.29, 1.82) is 0 Å². The number of carbonyl (C=O) groups excluding carboxylic acids is 3. The Morgan fingerprint density at radius 2 is 1.55 bits per heavy atom. The molecule has 1 aliphatic carbocycles. The van der Waals surface area contributed by atoms with Gasteiger partial charge < -0.3 is 68.2 Å². The Morgan fingerprint density at radius 3 is 2.24 bits per heavy atom. The lowest BCUT2D eigenvalue weighted by Gasteiger charge is -2.44. The van der Waals surface area contributed by atoms with Gasteiger partial charge in [-0.1, -0.05) is 30.3 Å². The molecule has 0 bridgehead atoms. The second kappa shape index (κ2) is 15.2. The van der Waals surface area contributed by atoms with E-state index >= 15 is 0 Å². The van der Waals surface area contributed by atoms with Gasteiger partial charge in [-0.25, -0.2) is 4.79 Å². The minimum atomic E-state index is -1.75. The van der Waals surface area contributed by atoms with Crippen molar-refractivity contribution in [2.75, 3.05) is 13.2 Å². The molecule has 0 spiro atoms. The Morgan fingerprint density at radius 1 is 0.843 bits per heavy atom. The van der Waals surface area contributed by atoms with E-state index in [1.165, 1.54) is 19.3 Å². The van der Waals surface area contributed by atoms with Crippen molar-refractivity contribution >= 4 is 24.0 Å². The van der Waals surface area contributed by atoms with Crippen LogP contribution in [0.4, 0.5) is 0 Å². The van der Waals surface area contributed by atoms with Crippen LogP contribution in [0.2, 0.25) is 0 Å². The number of hydrogen-bond acceptors (Lipinski definition) is 17. The highest BCUT2D eigenvalue weighted by atomic mass is 16.8. The minimum absolute atomic E-state index is 0.313. The molecule has 5 N–H and O–H groups in total. The van der Waals surface area contributed by atoms with E-state index < -0.39 is 122 Å². The number of fused-ring (bicyclic) bond motifs is 3. The highest BCUT2D eigenvalue weighted by molar-refractivity contribution is 5.87. The summed E-state index contributed by atoms with van der Waals surface area (Å²) >= 11 is 0. The van der Waals surface area contributed by atoms with E-state index in [9.17, 15) is 39.9 Å². The SMILES string of the molecule is CC(=O)O[C@@H]1[C@@H](O)[C@H](C)O[C@@H](O[C@H]2[C@@H]3C=CO[C@@H](O[C@@H]4O[C@H](CO)[C@@H](O)[C@H](O)[C@H]4O)[C@@H]3[C@@]3(COC(=O)/C=C/c4ccccc4)O[C@@H]23)[C@@H]1OC(C)=O. The van der Waals surface area contributed by atoms with E-state index in [0.29, 0.717) is 0 Å². The summed E-state index contributed by atoms with van der Waals surface area (Å²) < 4.78 is 52.5. The molecule has 3 saturated heterocycles. The zero-order chi connectivity index (χ0) is 36.6. The van der Waals surface area contributed by atoms with Gasteiger partial charge in [-0.2, -0.15) is 0 Å². The molecule has 0 amide bonds. The number of carbonyl (C=O) groups is 3. The van der Waals surface area contributed by atoms with Crippen LogP contribution in [-0.2, 0) is 57.0 Å². The van der Waals surface area contributed by atoms with Crippen LogP contribution in [0, 0.1) is 11.8 Å². The molecule has 17 nitrogen and oxygen atoms in total. The molecule has 1 saturated carbocycles. The van der Waals surface area contributed by atoms with Gasteiger partial charge in [-0.15, -0.1) is 0 Å². The number of epoxide rings is 1. The smallest absolute Gasteiger partial charge is 0.330 e. The fourth-order valence-electron chi connectivity index (χ4n) is 7.14. The number of aliphatic hydroxyl groups excluding tert-OH is 5. The van der Waals surface area contributed by atoms with E-state index in [2.05, 4.69) is 0 Å². The molecule has 4 aliphatic heterocycles. The molecule has 0 unspecified atom stereocenters. The van der Waals surface area contributed by atoms with Crippen LogP contribution in [0.5, 0.6) is 0 Å². The molecule has 1 aromatic rings. The molecule has 280 valence electrons. The van der Waals surface area contributed by atoms with Crippen LogP contribution >= 0.6 is 0 Å². The molecule has 1 aromatic carbocycles. The van der Waals surface area contributed by atoms with Gasteiger partial charge in [0, 0.05) is 25.8 Å². The summed E-state index contributed by atoms with van der Waals surface area (Å²) in [5.74, 6) is -3.65. The largest absolute Gasteiger partial charge is 0.472 e. The maximum atomic E-state index is 12.9. The van der Waals surface area contributed by atoms with Crippen molar-refractivity contribution in [3.05, 3.63) is 54.3 Å². The molecule has 6 rings (SSSR count). The second-order valence-corrected chi connectivity index (χ2v) is 13.1. The molecule has 51 heavy (non-hydrogen) atoms. The second-order valence-electron chi connectivity index (χ2n) is 13.1. The van der Waals surface area contributed by atoms with E-state index in [1.54, 1.807) is 24.3 Å². The molecule has 17 heteroatoms. The molecular formula is C34H42O17. The Balaban J connectivity index is 1.27. The lowest BCUT2D eigenvalue weighted by molar-refractivity contribution is -0.347. The fraction of sp³-hybridized carbons (Fsp3) is 0.618. The zero-order valence-corrected chi connectivity index (χ0v) is 27.9. The predicted octanol–water partition coefficient (Wildman–Crippen LogP) is -1.33. The summed E-state index contributed by atoms with van der Waals surface area (Å²) in [4.78, 5) is 37.0. The molecule has 4 fully saturated rings. The molecule has 0 radical (unpaired) electrons. The number of rotatable bonds is 11. The van der Waals surface area contributed by atoms with Crippen molar-refractivity contribution in [2.45, 2.75) is 106 Å². The fourth-order valence-corrected chi connectivity index (χ4v) is 7.14. The average molecular weight is 723 g/mol. The van der Waals surface area contributed by atoms with E-state index in [1.807, 2.05) is 18.2 Å². The van der Waals surface area contributed by atoms with E-state index in [4.69, 9.17) is 42.6 Å². The quantitative estimate of drug-likeness (QED) is 0.0769. The molecule has 5 aliphatic rings. The van der Waals surface area contributed by atoms with Gasteiger partial charge in [0.1, 0.15) is 48.8 Å². The Labute approximate surface area is 292 Å². The maximum Gasteiger partial charge on any atom is 0.330 e. The predicted molar refractivity (Wildman–Crippen MR) is 166 cm³/mol. The molecule has 16 atom stereocenters. The lowest BCUT2D eigenvalue weighted by Crippen LogP contribution is -2.61. The third-order valence-electron chi connectivity index (χ3n) is 9.66. The van der Waals surface area contributed by atoms with Crippen LogP contribution in [0.1, 0.15) is 26.3 Å². The first-order valence-corrected chi connectivity index (χ1v) is 16.5. The molecule has 4 heterocycles. The van der Waals surface area contributed by atoms with Crippen molar-refractivity contribution in [2.24, 2.45) is 11.8 Å². The van der Waals surface area contributed by atoms with Gasteiger partial charge >= 0.3 is 17.9 Å². The standard InChI is InChI=1S/C34H42O17/c1-15-23(39)28(46-16(2)36)29(47-17(3)37)33(45-15)49-27-19-11-12-43-31(50-32-26(42)25(41)24(40)20(13-35)48-32)22(19)34(30(27)51-34)14-44-21(38)10-9-18-7-5-4-6-8-18/h4-12,15,19-20,22-33,35,39-42H,13-14H2,1-3H3/b10-9+/t15-,19+,20+,22+,23-,24+,25-,26+,27-,28+,29+,30-,31-,32-,33-,34+/m0/s1. The summed E-state index contributed by atoms with van der Waals surface area (Å²) in [7, 11) is 0. The molecular weight excluding hydrogens is 680 g/mol. The van der Waals surface area contributed by atoms with E-state index in [0.717, 1.165) is 19.4 Å². The van der Waals surface area contributed by atoms with Gasteiger partial charge in [0.2, 0.25) is 6.29 Å². The maximum absolute atomic E-state index is 12.9. The summed E-state index contributed by atoms with van der Waals surface area (Å²) in [6, 6.07) is 9.08. The van der Waals surface area contributed by atoms with Crippen molar-refractivity contribution in [3.8, 4) is 0 Å². The van der Waals surface area contributed by atoms with Gasteiger partial charge in [0.15, 0.2) is 24.8 Å². The average Bonchev–Trinajstić information content (AvgIpc) is 3.77. The Kier molecular flexibility index (Phi) is 11.1. The normalized spacial score (nSPS) is 42.7. The number of esters is 3. The van der Waals surface area contributed by atoms with Gasteiger partial charge in [0.05, 0.1) is 31.0 Å². The number of ether oxygens (including phenoxy) is 9. The van der Waals surface area contributed by atoms with Gasteiger partial charge in [-0.3, -0.25) is 9.59 Å². The van der Waals surface area contributed by atoms with E-state index in [-0.39, 0.29) is 6.61 Å². The van der Waals surface area contributed by atoms with Crippen LogP contribution in [0.15, 0.2) is 48.7 Å².